The Morgan fingerprint density at radius 2 is 2.42 bits per heavy atom. The standard InChI is InChI=1S/C11H19N/c1-4-11-5-9(2)7-12(11)8-10(3)6-11/h10H,2,4-8H2,1,3H3/t10?,11-/m1/s1. The van der Waals surface area contributed by atoms with E-state index in [2.05, 4.69) is 25.3 Å². The molecule has 0 saturated carbocycles. The summed E-state index contributed by atoms with van der Waals surface area (Å²) in [5.74, 6) is 0.901. The lowest BCUT2D eigenvalue weighted by Gasteiger charge is -2.29. The van der Waals surface area contributed by atoms with E-state index in [0.717, 1.165) is 12.5 Å². The number of hydrogen-bond acceptors (Lipinski definition) is 1. The van der Waals surface area contributed by atoms with Crippen molar-refractivity contribution in [2.24, 2.45) is 5.92 Å². The van der Waals surface area contributed by atoms with Gasteiger partial charge in [0, 0.05) is 18.6 Å². The quantitative estimate of drug-likeness (QED) is 0.539. The van der Waals surface area contributed by atoms with Crippen LogP contribution in [-0.4, -0.2) is 23.5 Å². The third kappa shape index (κ3) is 1.03. The van der Waals surface area contributed by atoms with Gasteiger partial charge >= 0.3 is 0 Å². The molecule has 0 aliphatic carbocycles. The summed E-state index contributed by atoms with van der Waals surface area (Å²) in [5, 5.41) is 0. The summed E-state index contributed by atoms with van der Waals surface area (Å²) in [7, 11) is 0. The predicted octanol–water partition coefficient (Wildman–Crippen LogP) is 2.44. The van der Waals surface area contributed by atoms with Crippen LogP contribution in [0.25, 0.3) is 0 Å². The first kappa shape index (κ1) is 8.31. The van der Waals surface area contributed by atoms with Gasteiger partial charge in [-0.1, -0.05) is 26.0 Å². The van der Waals surface area contributed by atoms with Gasteiger partial charge in [-0.05, 0) is 25.2 Å². The fourth-order valence-corrected chi connectivity index (χ4v) is 3.11. The van der Waals surface area contributed by atoms with Crippen molar-refractivity contribution in [1.29, 1.82) is 0 Å². The summed E-state index contributed by atoms with van der Waals surface area (Å²) in [6, 6.07) is 0. The number of rotatable bonds is 1. The van der Waals surface area contributed by atoms with Crippen LogP contribution in [0.5, 0.6) is 0 Å². The van der Waals surface area contributed by atoms with E-state index in [1.807, 2.05) is 0 Å². The van der Waals surface area contributed by atoms with Crippen LogP contribution in [-0.2, 0) is 0 Å². The van der Waals surface area contributed by atoms with Crippen LogP contribution in [0.2, 0.25) is 0 Å². The van der Waals surface area contributed by atoms with Gasteiger partial charge in [0.05, 0.1) is 0 Å². The van der Waals surface area contributed by atoms with E-state index in [1.54, 1.807) is 0 Å². The first-order valence-electron chi connectivity index (χ1n) is 5.08. The molecule has 0 amide bonds. The van der Waals surface area contributed by atoms with Gasteiger partial charge in [-0.25, -0.2) is 0 Å². The second kappa shape index (κ2) is 2.59. The van der Waals surface area contributed by atoms with Crippen LogP contribution in [0.1, 0.15) is 33.1 Å². The summed E-state index contributed by atoms with van der Waals surface area (Å²) in [5.41, 5.74) is 1.97. The fourth-order valence-electron chi connectivity index (χ4n) is 3.11. The zero-order chi connectivity index (χ0) is 8.77. The molecule has 0 aromatic carbocycles. The van der Waals surface area contributed by atoms with Crippen LogP contribution < -0.4 is 0 Å². The van der Waals surface area contributed by atoms with Gasteiger partial charge < -0.3 is 0 Å². The van der Waals surface area contributed by atoms with Crippen molar-refractivity contribution < 1.29 is 0 Å². The summed E-state index contributed by atoms with van der Waals surface area (Å²) in [6.45, 7) is 11.3. The van der Waals surface area contributed by atoms with Crippen molar-refractivity contribution in [3.05, 3.63) is 12.2 Å². The molecule has 2 atom stereocenters. The Morgan fingerprint density at radius 1 is 1.67 bits per heavy atom. The Bertz CT molecular complexity index is 209. The smallest absolute Gasteiger partial charge is 0.0250 e. The molecule has 0 spiro atoms. The molecule has 0 bridgehead atoms. The maximum Gasteiger partial charge on any atom is 0.0250 e. The van der Waals surface area contributed by atoms with Gasteiger partial charge in [0.2, 0.25) is 0 Å². The third-order valence-corrected chi connectivity index (χ3v) is 3.58. The molecule has 2 aliphatic heterocycles. The molecule has 2 aliphatic rings. The second-order valence-electron chi connectivity index (χ2n) is 4.69. The zero-order valence-corrected chi connectivity index (χ0v) is 8.27. The van der Waals surface area contributed by atoms with Crippen LogP contribution in [0, 0.1) is 5.92 Å². The van der Waals surface area contributed by atoms with Crippen LogP contribution >= 0.6 is 0 Å². The molecule has 12 heavy (non-hydrogen) atoms. The average Bonchev–Trinajstić information content (AvgIpc) is 2.40. The lowest BCUT2D eigenvalue weighted by molar-refractivity contribution is 0.189. The van der Waals surface area contributed by atoms with Gasteiger partial charge in [-0.15, -0.1) is 0 Å². The Balaban J connectivity index is 2.21. The minimum atomic E-state index is 0.524. The van der Waals surface area contributed by atoms with Crippen LogP contribution in [0.3, 0.4) is 0 Å². The van der Waals surface area contributed by atoms with Gasteiger partial charge in [0.25, 0.3) is 0 Å². The van der Waals surface area contributed by atoms with Gasteiger partial charge in [0.1, 0.15) is 0 Å². The van der Waals surface area contributed by atoms with Crippen molar-refractivity contribution in [3.8, 4) is 0 Å². The fraction of sp³-hybridized carbons (Fsp3) is 0.818. The molecule has 2 rings (SSSR count). The SMILES string of the molecule is C=C1CN2CC(C)C[C@@]2(CC)C1. The summed E-state index contributed by atoms with van der Waals surface area (Å²) in [6.07, 6.45) is 3.95. The van der Waals surface area contributed by atoms with Crippen LogP contribution in [0.15, 0.2) is 12.2 Å². The minimum absolute atomic E-state index is 0.524. The van der Waals surface area contributed by atoms with E-state index in [0.29, 0.717) is 5.54 Å². The lowest BCUT2D eigenvalue weighted by atomic mass is 9.87. The Labute approximate surface area is 75.4 Å². The normalized spacial score (nSPS) is 42.2. The Kier molecular flexibility index (Phi) is 1.80. The maximum atomic E-state index is 4.11. The monoisotopic (exact) mass is 165 g/mol. The molecule has 1 heteroatoms. The molecule has 0 aromatic rings. The van der Waals surface area contributed by atoms with Crippen molar-refractivity contribution >= 4 is 0 Å². The molecule has 68 valence electrons. The van der Waals surface area contributed by atoms with Crippen molar-refractivity contribution in [3.63, 3.8) is 0 Å². The highest BCUT2D eigenvalue weighted by Gasteiger charge is 2.46. The topological polar surface area (TPSA) is 3.24 Å². The molecule has 2 fully saturated rings. The first-order chi connectivity index (χ1) is 5.66. The Morgan fingerprint density at radius 3 is 3.00 bits per heavy atom. The molecule has 1 nitrogen and oxygen atoms in total. The number of nitrogens with zero attached hydrogens (tertiary/aromatic N) is 1. The van der Waals surface area contributed by atoms with Crippen molar-refractivity contribution in [2.45, 2.75) is 38.6 Å². The minimum Gasteiger partial charge on any atom is -0.293 e. The van der Waals surface area contributed by atoms with E-state index in [-0.39, 0.29) is 0 Å². The lowest BCUT2D eigenvalue weighted by Crippen LogP contribution is -2.37. The van der Waals surface area contributed by atoms with Crippen LogP contribution in [0.4, 0.5) is 0 Å². The van der Waals surface area contributed by atoms with E-state index in [9.17, 15) is 0 Å². The van der Waals surface area contributed by atoms with E-state index in [1.165, 1.54) is 31.4 Å². The second-order valence-corrected chi connectivity index (χ2v) is 4.69. The zero-order valence-electron chi connectivity index (χ0n) is 8.27. The maximum absolute atomic E-state index is 4.11. The summed E-state index contributed by atoms with van der Waals surface area (Å²) in [4.78, 5) is 2.65. The first-order valence-corrected chi connectivity index (χ1v) is 5.08. The van der Waals surface area contributed by atoms with E-state index >= 15 is 0 Å². The van der Waals surface area contributed by atoms with Crippen molar-refractivity contribution in [2.75, 3.05) is 13.1 Å². The highest BCUT2D eigenvalue weighted by molar-refractivity contribution is 5.17. The van der Waals surface area contributed by atoms with Gasteiger partial charge in [-0.3, -0.25) is 4.90 Å². The summed E-state index contributed by atoms with van der Waals surface area (Å²) < 4.78 is 0. The molecule has 0 N–H and O–H groups in total. The van der Waals surface area contributed by atoms with E-state index < -0.39 is 0 Å². The highest BCUT2D eigenvalue weighted by atomic mass is 15.2. The molecular formula is C11H19N. The number of hydrogen-bond donors (Lipinski definition) is 0. The molecular weight excluding hydrogens is 146 g/mol. The molecule has 2 heterocycles. The Hall–Kier alpha value is -0.300. The van der Waals surface area contributed by atoms with Gasteiger partial charge in [-0.2, -0.15) is 0 Å². The average molecular weight is 165 g/mol. The molecule has 1 unspecified atom stereocenters. The highest BCUT2D eigenvalue weighted by Crippen LogP contribution is 2.44. The predicted molar refractivity (Wildman–Crippen MR) is 52.1 cm³/mol. The van der Waals surface area contributed by atoms with E-state index in [4.69, 9.17) is 0 Å². The van der Waals surface area contributed by atoms with Crippen molar-refractivity contribution in [1.82, 2.24) is 4.90 Å². The van der Waals surface area contributed by atoms with Gasteiger partial charge in [0.15, 0.2) is 0 Å². The summed E-state index contributed by atoms with van der Waals surface area (Å²) >= 11 is 0. The molecule has 2 saturated heterocycles. The largest absolute Gasteiger partial charge is 0.293 e. The number of fused-ring (bicyclic) bond motifs is 1. The third-order valence-electron chi connectivity index (χ3n) is 3.58. The molecule has 0 radical (unpaired) electrons. The molecule has 0 aromatic heterocycles.